The van der Waals surface area contributed by atoms with E-state index >= 15 is 0 Å². The molecule has 0 radical (unpaired) electrons. The van der Waals surface area contributed by atoms with Crippen molar-refractivity contribution < 1.29 is 4.79 Å². The van der Waals surface area contributed by atoms with Crippen molar-refractivity contribution in [2.45, 2.75) is 58.9 Å². The first kappa shape index (κ1) is 17.6. The SMILES string of the molecule is Cc1cncc([C@@H]2CCCN(C(=O)CCCn3nc(C)cc3C)C2)n1. The highest BCUT2D eigenvalue weighted by atomic mass is 16.2. The first-order valence-electron chi connectivity index (χ1n) is 9.10. The topological polar surface area (TPSA) is 63.9 Å². The quantitative estimate of drug-likeness (QED) is 0.839. The molecule has 1 aliphatic rings. The number of rotatable bonds is 5. The van der Waals surface area contributed by atoms with Gasteiger partial charge >= 0.3 is 0 Å². The highest BCUT2D eigenvalue weighted by Crippen LogP contribution is 2.25. The highest BCUT2D eigenvalue weighted by Gasteiger charge is 2.25. The molecule has 3 rings (SSSR count). The molecule has 1 saturated heterocycles. The Morgan fingerprint density at radius 2 is 2.08 bits per heavy atom. The van der Waals surface area contributed by atoms with Crippen molar-refractivity contribution >= 4 is 5.91 Å². The van der Waals surface area contributed by atoms with Crippen LogP contribution >= 0.6 is 0 Å². The van der Waals surface area contributed by atoms with E-state index in [9.17, 15) is 4.79 Å². The van der Waals surface area contributed by atoms with Crippen LogP contribution in [-0.4, -0.2) is 43.6 Å². The molecule has 3 heterocycles. The van der Waals surface area contributed by atoms with E-state index in [1.165, 1.54) is 0 Å². The molecule has 134 valence electrons. The van der Waals surface area contributed by atoms with Gasteiger partial charge in [0.15, 0.2) is 0 Å². The molecule has 0 unspecified atom stereocenters. The molecular weight excluding hydrogens is 314 g/mol. The summed E-state index contributed by atoms with van der Waals surface area (Å²) in [5.41, 5.74) is 4.13. The highest BCUT2D eigenvalue weighted by molar-refractivity contribution is 5.76. The van der Waals surface area contributed by atoms with Crippen molar-refractivity contribution in [2.75, 3.05) is 13.1 Å². The third kappa shape index (κ3) is 4.44. The Balaban J connectivity index is 1.52. The molecule has 2 aromatic rings. The smallest absolute Gasteiger partial charge is 0.222 e. The Bertz CT molecular complexity index is 739. The molecule has 1 amide bonds. The van der Waals surface area contributed by atoms with Crippen molar-refractivity contribution in [2.24, 2.45) is 0 Å². The number of nitrogens with zero attached hydrogens (tertiary/aromatic N) is 5. The van der Waals surface area contributed by atoms with Gasteiger partial charge in [-0.2, -0.15) is 5.10 Å². The third-order valence-corrected chi connectivity index (χ3v) is 4.83. The maximum absolute atomic E-state index is 12.6. The molecule has 1 atom stereocenters. The molecular formula is C19H27N5O. The van der Waals surface area contributed by atoms with Crippen molar-refractivity contribution in [3.63, 3.8) is 0 Å². The summed E-state index contributed by atoms with van der Waals surface area (Å²) in [6.45, 7) is 8.43. The average molecular weight is 341 g/mol. The van der Waals surface area contributed by atoms with Crippen molar-refractivity contribution in [3.8, 4) is 0 Å². The zero-order valence-electron chi connectivity index (χ0n) is 15.4. The summed E-state index contributed by atoms with van der Waals surface area (Å²) in [5, 5.41) is 4.46. The molecule has 0 N–H and O–H groups in total. The summed E-state index contributed by atoms with van der Waals surface area (Å²) >= 11 is 0. The zero-order valence-corrected chi connectivity index (χ0v) is 15.4. The summed E-state index contributed by atoms with van der Waals surface area (Å²) in [6, 6.07) is 2.07. The number of likely N-dealkylation sites (tertiary alicyclic amines) is 1. The van der Waals surface area contributed by atoms with Gasteiger partial charge in [-0.1, -0.05) is 0 Å². The Kier molecular flexibility index (Phi) is 5.46. The van der Waals surface area contributed by atoms with Gasteiger partial charge in [0.05, 0.1) is 17.1 Å². The van der Waals surface area contributed by atoms with Gasteiger partial charge in [0, 0.05) is 50.1 Å². The lowest BCUT2D eigenvalue weighted by Gasteiger charge is -2.32. The van der Waals surface area contributed by atoms with E-state index in [2.05, 4.69) is 28.1 Å². The van der Waals surface area contributed by atoms with Crippen LogP contribution < -0.4 is 0 Å². The summed E-state index contributed by atoms with van der Waals surface area (Å²) in [6.07, 6.45) is 7.12. The molecule has 1 aliphatic heterocycles. The Morgan fingerprint density at radius 3 is 2.80 bits per heavy atom. The molecule has 1 fully saturated rings. The van der Waals surface area contributed by atoms with Gasteiger partial charge in [-0.3, -0.25) is 19.4 Å². The number of hydrogen-bond acceptors (Lipinski definition) is 4. The van der Waals surface area contributed by atoms with Crippen LogP contribution in [0.4, 0.5) is 0 Å². The van der Waals surface area contributed by atoms with Crippen LogP contribution in [0.5, 0.6) is 0 Å². The molecule has 0 aliphatic carbocycles. The van der Waals surface area contributed by atoms with Crippen LogP contribution in [0.3, 0.4) is 0 Å². The van der Waals surface area contributed by atoms with Gasteiger partial charge < -0.3 is 4.90 Å². The van der Waals surface area contributed by atoms with E-state index in [0.717, 1.165) is 61.7 Å². The monoisotopic (exact) mass is 341 g/mol. The van der Waals surface area contributed by atoms with Gasteiger partial charge in [0.25, 0.3) is 0 Å². The second kappa shape index (κ2) is 7.76. The van der Waals surface area contributed by atoms with Gasteiger partial charge in [0.1, 0.15) is 0 Å². The minimum absolute atomic E-state index is 0.242. The zero-order chi connectivity index (χ0) is 17.8. The molecule has 25 heavy (non-hydrogen) atoms. The second-order valence-corrected chi connectivity index (χ2v) is 7.02. The largest absolute Gasteiger partial charge is 0.342 e. The summed E-state index contributed by atoms with van der Waals surface area (Å²) in [7, 11) is 0. The third-order valence-electron chi connectivity index (χ3n) is 4.83. The Hall–Kier alpha value is -2.24. The van der Waals surface area contributed by atoms with E-state index < -0.39 is 0 Å². The fourth-order valence-corrected chi connectivity index (χ4v) is 3.56. The number of amides is 1. The van der Waals surface area contributed by atoms with Crippen LogP contribution in [0.2, 0.25) is 0 Å². The summed E-state index contributed by atoms with van der Waals surface area (Å²) in [4.78, 5) is 23.4. The first-order chi connectivity index (χ1) is 12.0. The molecule has 0 bridgehead atoms. The van der Waals surface area contributed by atoms with Crippen LogP contribution in [0.1, 0.15) is 54.4 Å². The Labute approximate surface area is 149 Å². The number of piperidine rings is 1. The minimum Gasteiger partial charge on any atom is -0.342 e. The van der Waals surface area contributed by atoms with Crippen molar-refractivity contribution in [3.05, 3.63) is 41.2 Å². The molecule has 2 aromatic heterocycles. The van der Waals surface area contributed by atoms with E-state index in [1.54, 1.807) is 6.20 Å². The number of carbonyl (C=O) groups excluding carboxylic acids is 1. The minimum atomic E-state index is 0.242. The van der Waals surface area contributed by atoms with Crippen molar-refractivity contribution in [1.82, 2.24) is 24.6 Å². The van der Waals surface area contributed by atoms with E-state index in [4.69, 9.17) is 0 Å². The molecule has 0 saturated carbocycles. The fourth-order valence-electron chi connectivity index (χ4n) is 3.56. The molecule has 0 aromatic carbocycles. The summed E-state index contributed by atoms with van der Waals surface area (Å²) < 4.78 is 1.99. The lowest BCUT2D eigenvalue weighted by Crippen LogP contribution is -2.39. The lowest BCUT2D eigenvalue weighted by molar-refractivity contribution is -0.132. The van der Waals surface area contributed by atoms with Gasteiger partial charge in [0.2, 0.25) is 5.91 Å². The predicted octanol–water partition coefficient (Wildman–Crippen LogP) is 2.78. The van der Waals surface area contributed by atoms with Gasteiger partial charge in [-0.15, -0.1) is 0 Å². The molecule has 6 nitrogen and oxygen atoms in total. The molecule has 0 spiro atoms. The summed E-state index contributed by atoms with van der Waals surface area (Å²) in [5.74, 6) is 0.549. The Morgan fingerprint density at radius 1 is 1.24 bits per heavy atom. The van der Waals surface area contributed by atoms with Crippen LogP contribution in [-0.2, 0) is 11.3 Å². The lowest BCUT2D eigenvalue weighted by atomic mass is 9.94. The average Bonchev–Trinajstić information content (AvgIpc) is 2.92. The number of carbonyl (C=O) groups is 1. The maximum Gasteiger partial charge on any atom is 0.222 e. The predicted molar refractivity (Wildman–Crippen MR) is 96.3 cm³/mol. The molecule has 6 heteroatoms. The standard InChI is InChI=1S/C19H27N5O/c1-14-10-16(3)24(22-14)9-5-7-19(25)23-8-4-6-17(13-23)18-12-20-11-15(2)21-18/h10-12,17H,4-9,13H2,1-3H3/t17-/m1/s1. The van der Waals surface area contributed by atoms with E-state index in [1.807, 2.05) is 29.6 Å². The first-order valence-corrected chi connectivity index (χ1v) is 9.10. The van der Waals surface area contributed by atoms with E-state index in [-0.39, 0.29) is 5.91 Å². The second-order valence-electron chi connectivity index (χ2n) is 7.02. The number of aromatic nitrogens is 4. The maximum atomic E-state index is 12.6. The van der Waals surface area contributed by atoms with Crippen LogP contribution in [0.15, 0.2) is 18.5 Å². The fraction of sp³-hybridized carbons (Fsp3) is 0.579. The van der Waals surface area contributed by atoms with E-state index in [0.29, 0.717) is 12.3 Å². The number of hydrogen-bond donors (Lipinski definition) is 0. The van der Waals surface area contributed by atoms with Gasteiger partial charge in [-0.25, -0.2) is 0 Å². The van der Waals surface area contributed by atoms with Crippen molar-refractivity contribution in [1.29, 1.82) is 0 Å². The normalized spacial score (nSPS) is 17.7. The van der Waals surface area contributed by atoms with Crippen LogP contribution in [0.25, 0.3) is 0 Å². The van der Waals surface area contributed by atoms with Crippen LogP contribution in [0, 0.1) is 20.8 Å². The van der Waals surface area contributed by atoms with Gasteiger partial charge in [-0.05, 0) is 46.1 Å². The number of aryl methyl sites for hydroxylation is 4.